The molecule has 0 aliphatic heterocycles. The Morgan fingerprint density at radius 1 is 1.53 bits per heavy atom. The Bertz CT molecular complexity index is 579. The quantitative estimate of drug-likeness (QED) is 0.882. The molecule has 5 heteroatoms. The molecule has 0 bridgehead atoms. The molecular formula is C14H19N3OS. The lowest BCUT2D eigenvalue weighted by molar-refractivity contribution is 0.0938. The molecule has 2 heterocycles. The molecule has 2 aromatic rings. The smallest absolute Gasteiger partial charge is 0.263 e. The average molecular weight is 277 g/mol. The van der Waals surface area contributed by atoms with Crippen LogP contribution in [0.25, 0.3) is 10.2 Å². The topological polar surface area (TPSA) is 68.0 Å². The first kappa shape index (κ1) is 13.8. The number of nitrogens with one attached hydrogen (secondary N) is 1. The number of rotatable bonds is 5. The molecule has 2 rings (SSSR count). The summed E-state index contributed by atoms with van der Waals surface area (Å²) in [7, 11) is 0. The number of pyridine rings is 1. The minimum Gasteiger partial charge on any atom is -0.396 e. The van der Waals surface area contributed by atoms with Gasteiger partial charge in [-0.05, 0) is 25.0 Å². The van der Waals surface area contributed by atoms with Gasteiger partial charge in [0.15, 0.2) is 0 Å². The largest absolute Gasteiger partial charge is 0.396 e. The van der Waals surface area contributed by atoms with Gasteiger partial charge in [-0.25, -0.2) is 0 Å². The second-order valence-electron chi connectivity index (χ2n) is 4.56. The number of hydrogen-bond donors (Lipinski definition) is 2. The van der Waals surface area contributed by atoms with Gasteiger partial charge in [0.25, 0.3) is 5.91 Å². The summed E-state index contributed by atoms with van der Waals surface area (Å²) >= 11 is 1.40. The van der Waals surface area contributed by atoms with E-state index in [1.54, 1.807) is 6.20 Å². The highest BCUT2D eigenvalue weighted by Crippen LogP contribution is 2.31. The number of aromatic nitrogens is 1. The Balaban J connectivity index is 2.24. The standard InChI is InChI=1S/C14H19N3OS/c1-3-6-9(4-2)17-14(18)13-11(15)12-10(19-13)7-5-8-16-12/h5,7-9H,3-4,6,15H2,1-2H3,(H,17,18). The van der Waals surface area contributed by atoms with Crippen molar-refractivity contribution in [1.29, 1.82) is 0 Å². The fourth-order valence-electron chi connectivity index (χ4n) is 2.09. The van der Waals surface area contributed by atoms with Gasteiger partial charge < -0.3 is 11.1 Å². The van der Waals surface area contributed by atoms with Gasteiger partial charge >= 0.3 is 0 Å². The van der Waals surface area contributed by atoms with Crippen molar-refractivity contribution in [3.05, 3.63) is 23.2 Å². The van der Waals surface area contributed by atoms with Crippen LogP contribution in [0, 0.1) is 0 Å². The number of thiophene rings is 1. The van der Waals surface area contributed by atoms with E-state index in [1.807, 2.05) is 12.1 Å². The van der Waals surface area contributed by atoms with Gasteiger partial charge in [0.2, 0.25) is 0 Å². The van der Waals surface area contributed by atoms with E-state index in [4.69, 9.17) is 5.73 Å². The van der Waals surface area contributed by atoms with E-state index >= 15 is 0 Å². The maximum atomic E-state index is 12.3. The molecule has 3 N–H and O–H groups in total. The zero-order chi connectivity index (χ0) is 13.8. The van der Waals surface area contributed by atoms with Crippen LogP contribution in [0.5, 0.6) is 0 Å². The molecular weight excluding hydrogens is 258 g/mol. The van der Waals surface area contributed by atoms with Crippen molar-refractivity contribution >= 4 is 33.1 Å². The van der Waals surface area contributed by atoms with Gasteiger partial charge in [-0.1, -0.05) is 20.3 Å². The first-order chi connectivity index (χ1) is 9.17. The molecule has 0 saturated carbocycles. The lowest BCUT2D eigenvalue weighted by Gasteiger charge is -2.15. The summed E-state index contributed by atoms with van der Waals surface area (Å²) in [4.78, 5) is 17.1. The van der Waals surface area contributed by atoms with E-state index in [1.165, 1.54) is 11.3 Å². The average Bonchev–Trinajstić information content (AvgIpc) is 2.76. The van der Waals surface area contributed by atoms with Crippen molar-refractivity contribution < 1.29 is 4.79 Å². The number of fused-ring (bicyclic) bond motifs is 1. The second kappa shape index (κ2) is 6.02. The van der Waals surface area contributed by atoms with Crippen LogP contribution < -0.4 is 11.1 Å². The van der Waals surface area contributed by atoms with Crippen molar-refractivity contribution in [2.45, 2.75) is 39.2 Å². The lowest BCUT2D eigenvalue weighted by atomic mass is 10.1. The molecule has 2 aromatic heterocycles. The summed E-state index contributed by atoms with van der Waals surface area (Å²) in [6, 6.07) is 4.00. The van der Waals surface area contributed by atoms with Crippen molar-refractivity contribution in [2.24, 2.45) is 0 Å². The maximum absolute atomic E-state index is 12.3. The molecule has 4 nitrogen and oxygen atoms in total. The monoisotopic (exact) mass is 277 g/mol. The Labute approximate surface area is 117 Å². The van der Waals surface area contributed by atoms with Gasteiger partial charge in [-0.15, -0.1) is 11.3 Å². The summed E-state index contributed by atoms with van der Waals surface area (Å²) in [6.45, 7) is 4.20. The molecule has 0 spiro atoms. The summed E-state index contributed by atoms with van der Waals surface area (Å²) < 4.78 is 0.952. The summed E-state index contributed by atoms with van der Waals surface area (Å²) in [5.41, 5.74) is 7.23. The molecule has 0 aliphatic rings. The number of hydrogen-bond acceptors (Lipinski definition) is 4. The Morgan fingerprint density at radius 3 is 2.95 bits per heavy atom. The number of carbonyl (C=O) groups is 1. The molecule has 0 radical (unpaired) electrons. The van der Waals surface area contributed by atoms with Crippen LogP contribution in [0.1, 0.15) is 42.8 Å². The van der Waals surface area contributed by atoms with E-state index in [9.17, 15) is 4.79 Å². The number of anilines is 1. The van der Waals surface area contributed by atoms with E-state index in [-0.39, 0.29) is 11.9 Å². The van der Waals surface area contributed by atoms with Gasteiger partial charge in [0, 0.05) is 12.2 Å². The molecule has 102 valence electrons. The Hall–Kier alpha value is -1.62. The molecule has 1 amide bonds. The van der Waals surface area contributed by atoms with E-state index in [2.05, 4.69) is 24.1 Å². The predicted molar refractivity (Wildman–Crippen MR) is 80.5 cm³/mol. The van der Waals surface area contributed by atoms with Crippen LogP contribution in [0.3, 0.4) is 0 Å². The lowest BCUT2D eigenvalue weighted by Crippen LogP contribution is -2.34. The number of nitrogens with zero attached hydrogens (tertiary/aromatic N) is 1. The summed E-state index contributed by atoms with van der Waals surface area (Å²) in [5.74, 6) is -0.0826. The normalized spacial score (nSPS) is 12.5. The van der Waals surface area contributed by atoms with Crippen molar-refractivity contribution in [3.63, 3.8) is 0 Å². The molecule has 0 fully saturated rings. The molecule has 1 atom stereocenters. The minimum atomic E-state index is -0.0826. The van der Waals surface area contributed by atoms with Gasteiger partial charge in [0.05, 0.1) is 10.4 Å². The van der Waals surface area contributed by atoms with Crippen LogP contribution in [0.4, 0.5) is 5.69 Å². The highest BCUT2D eigenvalue weighted by atomic mass is 32.1. The zero-order valence-electron chi connectivity index (χ0n) is 11.3. The van der Waals surface area contributed by atoms with Crippen LogP contribution in [-0.2, 0) is 0 Å². The first-order valence-electron chi connectivity index (χ1n) is 6.61. The highest BCUT2D eigenvalue weighted by Gasteiger charge is 2.19. The predicted octanol–water partition coefficient (Wildman–Crippen LogP) is 3.19. The van der Waals surface area contributed by atoms with Crippen molar-refractivity contribution in [3.8, 4) is 0 Å². The molecule has 0 aliphatic carbocycles. The van der Waals surface area contributed by atoms with E-state index in [0.29, 0.717) is 10.6 Å². The fourth-order valence-corrected chi connectivity index (χ4v) is 3.08. The first-order valence-corrected chi connectivity index (χ1v) is 7.42. The van der Waals surface area contributed by atoms with E-state index < -0.39 is 0 Å². The highest BCUT2D eigenvalue weighted by molar-refractivity contribution is 7.21. The number of amides is 1. The van der Waals surface area contributed by atoms with Crippen LogP contribution in [0.2, 0.25) is 0 Å². The third-order valence-electron chi connectivity index (χ3n) is 3.15. The summed E-state index contributed by atoms with van der Waals surface area (Å²) in [6.07, 6.45) is 4.68. The SMILES string of the molecule is CCCC(CC)NC(=O)c1sc2cccnc2c1N. The van der Waals surface area contributed by atoms with Gasteiger partial charge in [0.1, 0.15) is 10.4 Å². The Morgan fingerprint density at radius 2 is 2.32 bits per heavy atom. The number of nitrogen functional groups attached to an aromatic ring is 1. The number of nitrogens with two attached hydrogens (primary N) is 1. The number of carbonyl (C=O) groups excluding carboxylic acids is 1. The fraction of sp³-hybridized carbons (Fsp3) is 0.429. The third-order valence-corrected chi connectivity index (χ3v) is 4.31. The van der Waals surface area contributed by atoms with Crippen LogP contribution in [-0.4, -0.2) is 16.9 Å². The molecule has 19 heavy (non-hydrogen) atoms. The minimum absolute atomic E-state index is 0.0826. The molecule has 0 saturated heterocycles. The van der Waals surface area contributed by atoms with Crippen LogP contribution in [0.15, 0.2) is 18.3 Å². The van der Waals surface area contributed by atoms with Crippen molar-refractivity contribution in [1.82, 2.24) is 10.3 Å². The zero-order valence-corrected chi connectivity index (χ0v) is 12.1. The third kappa shape index (κ3) is 2.87. The van der Waals surface area contributed by atoms with Crippen LogP contribution >= 0.6 is 11.3 Å². The molecule has 1 unspecified atom stereocenters. The summed E-state index contributed by atoms with van der Waals surface area (Å²) in [5, 5.41) is 3.05. The van der Waals surface area contributed by atoms with Gasteiger partial charge in [-0.2, -0.15) is 0 Å². The van der Waals surface area contributed by atoms with Crippen molar-refractivity contribution in [2.75, 3.05) is 5.73 Å². The Kier molecular flexibility index (Phi) is 4.37. The maximum Gasteiger partial charge on any atom is 0.263 e. The van der Waals surface area contributed by atoms with Gasteiger partial charge in [-0.3, -0.25) is 9.78 Å². The molecule has 0 aromatic carbocycles. The second-order valence-corrected chi connectivity index (χ2v) is 5.61. The van der Waals surface area contributed by atoms with E-state index in [0.717, 1.165) is 29.5 Å².